The third-order valence-electron chi connectivity index (χ3n) is 7.26. The number of urea groups is 1. The van der Waals surface area contributed by atoms with Crippen LogP contribution in [0.15, 0.2) is 61.2 Å². The molecule has 5 atom stereocenters. The van der Waals surface area contributed by atoms with Crippen LogP contribution in [0.4, 0.5) is 10.6 Å². The van der Waals surface area contributed by atoms with E-state index in [0.29, 0.717) is 33.9 Å². The summed E-state index contributed by atoms with van der Waals surface area (Å²) >= 11 is 6.44. The van der Waals surface area contributed by atoms with Crippen LogP contribution in [0.1, 0.15) is 47.9 Å². The third-order valence-corrected chi connectivity index (χ3v) is 7.62. The third kappa shape index (κ3) is 5.97. The largest absolute Gasteiger partial charge is 0.462 e. The van der Waals surface area contributed by atoms with Gasteiger partial charge in [0, 0.05) is 22.7 Å². The molecular weight excluding hydrogens is 592 g/mol. The van der Waals surface area contributed by atoms with Crippen LogP contribution in [-0.4, -0.2) is 69.6 Å². The molecule has 0 radical (unpaired) electrons. The Morgan fingerprint density at radius 1 is 1.00 bits per heavy atom. The summed E-state index contributed by atoms with van der Waals surface area (Å²) in [5.74, 6) is -0.212. The monoisotopic (exact) mass is 622 g/mol. The fraction of sp³-hybridized carbons (Fsp3) is 0.367. The number of aromatic nitrogens is 4. The van der Waals surface area contributed by atoms with Crippen molar-refractivity contribution in [1.82, 2.24) is 24.8 Å². The van der Waals surface area contributed by atoms with E-state index in [-0.39, 0.29) is 25.6 Å². The molecule has 0 aliphatic carbocycles. The smallest absolute Gasteiger partial charge is 0.338 e. The molecule has 44 heavy (non-hydrogen) atoms. The maximum Gasteiger partial charge on any atom is 0.338 e. The van der Waals surface area contributed by atoms with Crippen LogP contribution in [-0.2, 0) is 30.3 Å². The van der Waals surface area contributed by atoms with E-state index in [0.717, 1.165) is 5.56 Å². The zero-order valence-corrected chi connectivity index (χ0v) is 24.8. The Balaban J connectivity index is 1.25. The summed E-state index contributed by atoms with van der Waals surface area (Å²) in [6.45, 7) is 4.42. The van der Waals surface area contributed by atoms with Crippen LogP contribution in [0.25, 0.3) is 11.2 Å². The van der Waals surface area contributed by atoms with E-state index in [1.807, 2.05) is 37.3 Å². The molecule has 4 heterocycles. The molecule has 14 heteroatoms. The molecule has 230 valence electrons. The van der Waals surface area contributed by atoms with Gasteiger partial charge in [0.2, 0.25) is 0 Å². The molecule has 0 spiro atoms. The number of amides is 2. The van der Waals surface area contributed by atoms with E-state index in [4.69, 9.17) is 35.3 Å². The first-order valence-corrected chi connectivity index (χ1v) is 14.6. The molecule has 2 aromatic heterocycles. The fourth-order valence-corrected chi connectivity index (χ4v) is 5.51. The minimum absolute atomic E-state index is 0.0504. The Bertz CT molecular complexity index is 1640. The number of hydrogen-bond donors (Lipinski definition) is 2. The predicted octanol–water partition coefficient (Wildman–Crippen LogP) is 4.39. The van der Waals surface area contributed by atoms with E-state index in [1.165, 1.54) is 6.33 Å². The Labute approximate surface area is 257 Å². The van der Waals surface area contributed by atoms with Crippen molar-refractivity contribution in [3.05, 3.63) is 82.9 Å². The predicted molar refractivity (Wildman–Crippen MR) is 158 cm³/mol. The summed E-state index contributed by atoms with van der Waals surface area (Å²) in [7, 11) is 0. The molecule has 2 saturated heterocycles. The maximum atomic E-state index is 12.5. The molecule has 2 aliphatic heterocycles. The molecule has 2 fully saturated rings. The molecule has 4 aromatic rings. The second-order valence-corrected chi connectivity index (χ2v) is 10.4. The summed E-state index contributed by atoms with van der Waals surface area (Å²) < 4.78 is 32.3. The summed E-state index contributed by atoms with van der Waals surface area (Å²) in [5, 5.41) is 5.77. The van der Waals surface area contributed by atoms with Crippen LogP contribution in [0.5, 0.6) is 0 Å². The lowest BCUT2D eigenvalue weighted by atomic mass is 10.1. The highest BCUT2D eigenvalue weighted by molar-refractivity contribution is 6.31. The van der Waals surface area contributed by atoms with Gasteiger partial charge in [0.05, 0.1) is 31.7 Å². The number of esters is 1. The molecule has 4 unspecified atom stereocenters. The lowest BCUT2D eigenvalue weighted by Gasteiger charge is -2.21. The molecule has 2 aromatic carbocycles. The highest BCUT2D eigenvalue weighted by Crippen LogP contribution is 2.45. The van der Waals surface area contributed by atoms with Crippen molar-refractivity contribution in [2.45, 2.75) is 51.3 Å². The number of benzene rings is 2. The second-order valence-electron chi connectivity index (χ2n) is 10.0. The second kappa shape index (κ2) is 13.2. The molecule has 0 saturated carbocycles. The topological polar surface area (TPSA) is 148 Å². The van der Waals surface area contributed by atoms with Crippen molar-refractivity contribution in [3.63, 3.8) is 0 Å². The number of anilines is 1. The summed E-state index contributed by atoms with van der Waals surface area (Å²) in [6, 6.07) is 14.3. The zero-order valence-electron chi connectivity index (χ0n) is 24.0. The van der Waals surface area contributed by atoms with E-state index in [2.05, 4.69) is 25.6 Å². The quantitative estimate of drug-likeness (QED) is 0.244. The summed E-state index contributed by atoms with van der Waals surface area (Å²) in [5.41, 5.74) is 2.56. The van der Waals surface area contributed by atoms with Gasteiger partial charge in [-0.25, -0.2) is 24.5 Å². The number of ether oxygens (including phenoxy) is 5. The summed E-state index contributed by atoms with van der Waals surface area (Å²) in [4.78, 5) is 37.8. The lowest BCUT2D eigenvalue weighted by molar-refractivity contribution is -0.158. The normalized spacial score (nSPS) is 22.6. The summed E-state index contributed by atoms with van der Waals surface area (Å²) in [6.07, 6.45) is -0.00199. The number of carbonyl (C=O) groups is 2. The van der Waals surface area contributed by atoms with Gasteiger partial charge in [-0.2, -0.15) is 0 Å². The standard InChI is InChI=1S/C30H31ClN6O7/c1-3-32-30(39)36-25-22-26(34-15-33-25)37(16-35-22)27-24-23(43-29(44-24)17-9-6-5-7-10-17)21(42-27)14-40-13-19-18(28(38)41-4-2)11-8-12-20(19)31/h5-12,15-16,21,23-24,27,29H,3-4,13-14H2,1-2H3,(H2,32,33,34,36,39)/t21?,23?,24?,27?,29-/m1/s1. The SMILES string of the molecule is CCNC(=O)Nc1ncnc2c1ncn2C1OC(COCc2c(Cl)cccc2C(=O)OCC)C2O[C@@H](c3ccccc3)OC21. The first kappa shape index (κ1) is 29.9. The number of imidazole rings is 1. The highest BCUT2D eigenvalue weighted by atomic mass is 35.5. The Kier molecular flexibility index (Phi) is 9.00. The molecule has 0 bridgehead atoms. The van der Waals surface area contributed by atoms with Gasteiger partial charge in [-0.05, 0) is 26.0 Å². The van der Waals surface area contributed by atoms with Crippen LogP contribution in [0.2, 0.25) is 5.02 Å². The van der Waals surface area contributed by atoms with Crippen molar-refractivity contribution in [1.29, 1.82) is 0 Å². The Morgan fingerprint density at radius 3 is 2.61 bits per heavy atom. The minimum atomic E-state index is -0.685. The van der Waals surface area contributed by atoms with Crippen LogP contribution in [0.3, 0.4) is 0 Å². The average molecular weight is 623 g/mol. The highest BCUT2D eigenvalue weighted by Gasteiger charge is 2.54. The van der Waals surface area contributed by atoms with E-state index in [9.17, 15) is 9.59 Å². The molecule has 6 rings (SSSR count). The van der Waals surface area contributed by atoms with Crippen molar-refractivity contribution < 1.29 is 33.3 Å². The van der Waals surface area contributed by atoms with Gasteiger partial charge in [0.1, 0.15) is 24.6 Å². The van der Waals surface area contributed by atoms with Gasteiger partial charge < -0.3 is 29.0 Å². The lowest BCUT2D eigenvalue weighted by Crippen LogP contribution is -2.31. The van der Waals surface area contributed by atoms with Gasteiger partial charge in [0.25, 0.3) is 0 Å². The molecule has 2 aliphatic rings. The van der Waals surface area contributed by atoms with Gasteiger partial charge in [-0.1, -0.05) is 48.0 Å². The Morgan fingerprint density at radius 2 is 1.82 bits per heavy atom. The van der Waals surface area contributed by atoms with Gasteiger partial charge in [0.15, 0.2) is 29.5 Å². The first-order chi connectivity index (χ1) is 21.5. The van der Waals surface area contributed by atoms with Crippen molar-refractivity contribution >= 4 is 40.6 Å². The average Bonchev–Trinajstić information content (AvgIpc) is 3.74. The Hall–Kier alpha value is -4.14. The number of rotatable bonds is 10. The van der Waals surface area contributed by atoms with E-state index >= 15 is 0 Å². The van der Waals surface area contributed by atoms with E-state index < -0.39 is 42.8 Å². The van der Waals surface area contributed by atoms with Crippen LogP contribution >= 0.6 is 11.6 Å². The maximum absolute atomic E-state index is 12.5. The minimum Gasteiger partial charge on any atom is -0.462 e. The number of carbonyl (C=O) groups excluding carboxylic acids is 2. The number of nitrogens with zero attached hydrogens (tertiary/aromatic N) is 4. The van der Waals surface area contributed by atoms with Gasteiger partial charge in [-0.15, -0.1) is 0 Å². The number of halogens is 1. The van der Waals surface area contributed by atoms with Gasteiger partial charge in [-0.3, -0.25) is 9.88 Å². The molecule has 13 nitrogen and oxygen atoms in total. The molecule has 2 amide bonds. The molecular formula is C30H31ClN6O7. The number of nitrogens with one attached hydrogen (secondary N) is 2. The van der Waals surface area contributed by atoms with Crippen LogP contribution < -0.4 is 10.6 Å². The fourth-order valence-electron chi connectivity index (χ4n) is 5.28. The number of fused-ring (bicyclic) bond motifs is 2. The number of hydrogen-bond acceptors (Lipinski definition) is 10. The van der Waals surface area contributed by atoms with Crippen molar-refractivity contribution in [2.75, 3.05) is 25.1 Å². The van der Waals surface area contributed by atoms with Crippen LogP contribution in [0, 0.1) is 0 Å². The zero-order chi connectivity index (χ0) is 30.6. The molecule has 2 N–H and O–H groups in total. The van der Waals surface area contributed by atoms with Crippen molar-refractivity contribution in [2.24, 2.45) is 0 Å². The first-order valence-electron chi connectivity index (χ1n) is 14.2. The van der Waals surface area contributed by atoms with Gasteiger partial charge >= 0.3 is 12.0 Å². The van der Waals surface area contributed by atoms with E-state index in [1.54, 1.807) is 36.0 Å². The van der Waals surface area contributed by atoms with Crippen molar-refractivity contribution in [3.8, 4) is 0 Å².